The standard InChI is InChI=1S/C54H29N5O/c1-3-15-32-30(13-1)25-27-42-46(32)35-18-6-10-22-40(35)58(42)53-52-50(37-20-8-12-24-45(37)60-52)55-54(56-53)59-41-23-11-7-19-36(41)48-44(59)29-38-34-17-5-9-21-39(34)57-43-28-26-31-14-2-4-16-33(31)47(43)49(48)51(38)57/h1-29H. The van der Waals surface area contributed by atoms with Crippen molar-refractivity contribution in [3.63, 3.8) is 0 Å². The minimum atomic E-state index is 0.591. The summed E-state index contributed by atoms with van der Waals surface area (Å²) in [5, 5.41) is 15.5. The summed E-state index contributed by atoms with van der Waals surface area (Å²) >= 11 is 0. The maximum atomic E-state index is 6.80. The van der Waals surface area contributed by atoms with E-state index in [2.05, 4.69) is 177 Å². The summed E-state index contributed by atoms with van der Waals surface area (Å²) in [6, 6.07) is 63.2. The molecule has 15 rings (SSSR count). The van der Waals surface area contributed by atoms with Gasteiger partial charge in [-0.05, 0) is 70.1 Å². The Morgan fingerprint density at radius 2 is 0.933 bits per heavy atom. The average Bonchev–Trinajstić information content (AvgIpc) is 4.10. The molecule has 0 radical (unpaired) electrons. The third-order valence-corrected chi connectivity index (χ3v) is 13.2. The fourth-order valence-electron chi connectivity index (χ4n) is 10.8. The van der Waals surface area contributed by atoms with Gasteiger partial charge in [-0.25, -0.2) is 4.98 Å². The van der Waals surface area contributed by atoms with Gasteiger partial charge in [0.25, 0.3) is 0 Å². The molecule has 60 heavy (non-hydrogen) atoms. The molecule has 6 heteroatoms. The first kappa shape index (κ1) is 30.9. The lowest BCUT2D eigenvalue weighted by atomic mass is 9.98. The van der Waals surface area contributed by atoms with E-state index in [1.54, 1.807) is 0 Å². The predicted octanol–water partition coefficient (Wildman–Crippen LogP) is 14.0. The van der Waals surface area contributed by atoms with E-state index < -0.39 is 0 Å². The quantitative estimate of drug-likeness (QED) is 0.176. The molecule has 0 amide bonds. The van der Waals surface area contributed by atoms with E-state index in [9.17, 15) is 0 Å². The molecule has 0 atom stereocenters. The van der Waals surface area contributed by atoms with E-state index in [-0.39, 0.29) is 0 Å². The van der Waals surface area contributed by atoms with Gasteiger partial charge in [-0.15, -0.1) is 0 Å². The molecule has 6 heterocycles. The van der Waals surface area contributed by atoms with E-state index in [0.29, 0.717) is 17.3 Å². The third-order valence-electron chi connectivity index (χ3n) is 13.2. The van der Waals surface area contributed by atoms with Crippen LogP contribution in [0.25, 0.3) is 137 Å². The second kappa shape index (κ2) is 10.8. The number of aromatic nitrogens is 5. The number of hydrogen-bond acceptors (Lipinski definition) is 3. The first-order valence-corrected chi connectivity index (χ1v) is 20.4. The largest absolute Gasteiger partial charge is 0.450 e. The summed E-state index contributed by atoms with van der Waals surface area (Å²) in [5.74, 6) is 1.30. The van der Waals surface area contributed by atoms with Crippen LogP contribution in [0.15, 0.2) is 180 Å². The molecule has 0 saturated heterocycles. The topological polar surface area (TPSA) is 53.2 Å². The first-order chi connectivity index (χ1) is 29.8. The Labute approximate surface area is 339 Å². The van der Waals surface area contributed by atoms with E-state index in [1.807, 2.05) is 12.1 Å². The number of rotatable bonds is 2. The molecule has 6 nitrogen and oxygen atoms in total. The van der Waals surface area contributed by atoms with Crippen LogP contribution in [0.5, 0.6) is 0 Å². The van der Waals surface area contributed by atoms with E-state index in [4.69, 9.17) is 14.4 Å². The Hall–Kier alpha value is -8.22. The van der Waals surface area contributed by atoms with Crippen molar-refractivity contribution in [1.82, 2.24) is 23.5 Å². The highest BCUT2D eigenvalue weighted by atomic mass is 16.3. The van der Waals surface area contributed by atoms with Crippen molar-refractivity contribution in [3.8, 4) is 11.8 Å². The van der Waals surface area contributed by atoms with Gasteiger partial charge in [-0.1, -0.05) is 127 Å². The summed E-state index contributed by atoms with van der Waals surface area (Å²) in [5.41, 5.74) is 10.1. The highest BCUT2D eigenvalue weighted by molar-refractivity contribution is 6.39. The Morgan fingerprint density at radius 1 is 0.367 bits per heavy atom. The van der Waals surface area contributed by atoms with Crippen molar-refractivity contribution in [2.45, 2.75) is 0 Å². The molecule has 0 aliphatic rings. The number of fused-ring (bicyclic) bond motifs is 20. The van der Waals surface area contributed by atoms with E-state index in [1.165, 1.54) is 75.8 Å². The van der Waals surface area contributed by atoms with Crippen molar-refractivity contribution in [1.29, 1.82) is 0 Å². The molecule has 15 aromatic rings. The summed E-state index contributed by atoms with van der Waals surface area (Å²) in [6.45, 7) is 0. The van der Waals surface area contributed by atoms with Crippen LogP contribution in [0.4, 0.5) is 0 Å². The molecule has 276 valence electrons. The lowest BCUT2D eigenvalue weighted by molar-refractivity contribution is 0.661. The Bertz CT molecular complexity index is 4370. The molecule has 0 aliphatic heterocycles. The molecule has 0 fully saturated rings. The van der Waals surface area contributed by atoms with Crippen molar-refractivity contribution in [3.05, 3.63) is 176 Å². The van der Waals surface area contributed by atoms with E-state index in [0.717, 1.165) is 43.9 Å². The minimum Gasteiger partial charge on any atom is -0.450 e. The molecule has 0 saturated carbocycles. The van der Waals surface area contributed by atoms with Gasteiger partial charge in [0.15, 0.2) is 11.4 Å². The van der Waals surface area contributed by atoms with Gasteiger partial charge < -0.3 is 8.82 Å². The number of benzene rings is 9. The zero-order valence-electron chi connectivity index (χ0n) is 31.9. The molecule has 0 unspecified atom stereocenters. The fraction of sp³-hybridized carbons (Fsp3) is 0. The Kier molecular flexibility index (Phi) is 5.57. The summed E-state index contributed by atoms with van der Waals surface area (Å²) in [6.07, 6.45) is 0. The van der Waals surface area contributed by atoms with Crippen LogP contribution in [-0.2, 0) is 0 Å². The predicted molar refractivity (Wildman–Crippen MR) is 248 cm³/mol. The molecular formula is C54H29N5O. The molecular weight excluding hydrogens is 735 g/mol. The SMILES string of the molecule is c1ccc2c(c1)ccc1c2c2ccccc2n1-c1nc(-n2c3ccccc3c3c4c5c6ccccc6ccc5n5c6ccccc6c(cc32)c45)nc2c1oc1ccccc12. The van der Waals surface area contributed by atoms with Gasteiger partial charge in [0.1, 0.15) is 11.1 Å². The summed E-state index contributed by atoms with van der Waals surface area (Å²) in [4.78, 5) is 11.2. The highest BCUT2D eigenvalue weighted by Crippen LogP contribution is 2.48. The Balaban J connectivity index is 1.16. The fourth-order valence-corrected chi connectivity index (χ4v) is 10.8. The van der Waals surface area contributed by atoms with Crippen molar-refractivity contribution < 1.29 is 4.42 Å². The van der Waals surface area contributed by atoms with Crippen LogP contribution in [-0.4, -0.2) is 23.5 Å². The maximum absolute atomic E-state index is 6.80. The van der Waals surface area contributed by atoms with Crippen LogP contribution < -0.4 is 0 Å². The summed E-state index contributed by atoms with van der Waals surface area (Å²) < 4.78 is 13.9. The zero-order valence-corrected chi connectivity index (χ0v) is 31.9. The van der Waals surface area contributed by atoms with Gasteiger partial charge >= 0.3 is 0 Å². The molecule has 0 N–H and O–H groups in total. The first-order valence-electron chi connectivity index (χ1n) is 20.4. The second-order valence-corrected chi connectivity index (χ2v) is 16.1. The minimum absolute atomic E-state index is 0.591. The third kappa shape index (κ3) is 3.66. The van der Waals surface area contributed by atoms with Gasteiger partial charge in [-0.2, -0.15) is 4.98 Å². The normalized spacial score (nSPS) is 12.7. The van der Waals surface area contributed by atoms with Gasteiger partial charge in [0, 0.05) is 48.5 Å². The molecule has 0 spiro atoms. The average molecular weight is 764 g/mol. The monoisotopic (exact) mass is 763 g/mol. The number of furan rings is 1. The number of nitrogens with zero attached hydrogens (tertiary/aromatic N) is 5. The van der Waals surface area contributed by atoms with Gasteiger partial charge in [0.2, 0.25) is 5.95 Å². The molecule has 9 aromatic carbocycles. The lowest BCUT2D eigenvalue weighted by Gasteiger charge is -2.12. The van der Waals surface area contributed by atoms with Crippen molar-refractivity contribution in [2.75, 3.05) is 0 Å². The summed E-state index contributed by atoms with van der Waals surface area (Å²) in [7, 11) is 0. The smallest absolute Gasteiger partial charge is 0.237 e. The molecule has 0 bridgehead atoms. The lowest BCUT2D eigenvalue weighted by Crippen LogP contribution is -2.06. The van der Waals surface area contributed by atoms with Gasteiger partial charge in [0.05, 0.1) is 38.6 Å². The highest BCUT2D eigenvalue weighted by Gasteiger charge is 2.28. The molecule has 6 aromatic heterocycles. The molecule has 0 aliphatic carbocycles. The number of para-hydroxylation sites is 4. The van der Waals surface area contributed by atoms with Crippen molar-refractivity contribution >= 4 is 125 Å². The number of hydrogen-bond donors (Lipinski definition) is 0. The van der Waals surface area contributed by atoms with Crippen LogP contribution in [0.3, 0.4) is 0 Å². The van der Waals surface area contributed by atoms with Crippen LogP contribution in [0.1, 0.15) is 0 Å². The second-order valence-electron chi connectivity index (χ2n) is 16.1. The van der Waals surface area contributed by atoms with Crippen LogP contribution in [0.2, 0.25) is 0 Å². The van der Waals surface area contributed by atoms with E-state index >= 15 is 0 Å². The maximum Gasteiger partial charge on any atom is 0.237 e. The van der Waals surface area contributed by atoms with Gasteiger partial charge in [-0.3, -0.25) is 9.13 Å². The zero-order chi connectivity index (χ0) is 38.8. The van der Waals surface area contributed by atoms with Crippen LogP contribution in [0, 0.1) is 0 Å². The van der Waals surface area contributed by atoms with Crippen molar-refractivity contribution in [2.24, 2.45) is 0 Å². The van der Waals surface area contributed by atoms with Crippen LogP contribution >= 0.6 is 0 Å². The Morgan fingerprint density at radius 3 is 1.70 bits per heavy atom.